The molecule has 2 amide bonds. The van der Waals surface area contributed by atoms with Crippen molar-refractivity contribution in [1.29, 1.82) is 0 Å². The van der Waals surface area contributed by atoms with E-state index in [1.54, 1.807) is 0 Å². The topological polar surface area (TPSA) is 67.2 Å². The van der Waals surface area contributed by atoms with Crippen molar-refractivity contribution in [3.05, 3.63) is 52.8 Å². The van der Waals surface area contributed by atoms with Gasteiger partial charge in [0, 0.05) is 37.7 Å². The maximum Gasteiger partial charge on any atom is 0.269 e. The second kappa shape index (κ2) is 7.78. The normalized spacial score (nSPS) is 18.0. The number of hydrogen-bond donors (Lipinski definition) is 1. The van der Waals surface area contributed by atoms with Gasteiger partial charge in [0.15, 0.2) is 0 Å². The summed E-state index contributed by atoms with van der Waals surface area (Å²) in [5.74, 6) is 0.842. The molecule has 0 aliphatic carbocycles. The molecule has 2 aliphatic rings. The molecule has 2 aliphatic heterocycles. The molecule has 1 aromatic heterocycles. The quantitative estimate of drug-likeness (QED) is 0.889. The molecule has 1 aromatic carbocycles. The van der Waals surface area contributed by atoms with E-state index in [0.717, 1.165) is 50.2 Å². The van der Waals surface area contributed by atoms with Crippen molar-refractivity contribution in [3.63, 3.8) is 0 Å². The zero-order chi connectivity index (χ0) is 19.7. The highest BCUT2D eigenvalue weighted by molar-refractivity contribution is 5.94. The van der Waals surface area contributed by atoms with Crippen molar-refractivity contribution in [2.45, 2.75) is 51.5 Å². The average Bonchev–Trinajstić information content (AvgIpc) is 3.07. The van der Waals surface area contributed by atoms with E-state index in [9.17, 15) is 9.59 Å². The molecule has 0 bridgehead atoms. The van der Waals surface area contributed by atoms with Crippen LogP contribution in [-0.4, -0.2) is 46.1 Å². The van der Waals surface area contributed by atoms with Crippen LogP contribution < -0.4 is 5.32 Å². The number of fused-ring (bicyclic) bond motifs is 1. The number of rotatable bonds is 3. The number of hydrogen-bond acceptors (Lipinski definition) is 3. The zero-order valence-corrected chi connectivity index (χ0v) is 16.6. The number of likely N-dealkylation sites (tertiary alicyclic amines) is 1. The van der Waals surface area contributed by atoms with Crippen molar-refractivity contribution < 1.29 is 9.59 Å². The summed E-state index contributed by atoms with van der Waals surface area (Å²) >= 11 is 0. The molecule has 6 heteroatoms. The Labute approximate surface area is 165 Å². The number of nitrogens with zero attached hydrogens (tertiary/aromatic N) is 3. The SMILES string of the molecule is CC(C)c1ccc(C(=O)N2CCC(c3cc4n(n3)CCCNC4=O)CC2)cc1. The van der Waals surface area contributed by atoms with Crippen LogP contribution in [0.1, 0.15) is 77.0 Å². The largest absolute Gasteiger partial charge is 0.351 e. The summed E-state index contributed by atoms with van der Waals surface area (Å²) in [7, 11) is 0. The number of carbonyl (C=O) groups is 2. The maximum atomic E-state index is 12.8. The minimum Gasteiger partial charge on any atom is -0.351 e. The van der Waals surface area contributed by atoms with Crippen LogP contribution in [0.5, 0.6) is 0 Å². The van der Waals surface area contributed by atoms with Crippen LogP contribution in [0.4, 0.5) is 0 Å². The fourth-order valence-corrected chi connectivity index (χ4v) is 4.08. The fraction of sp³-hybridized carbons (Fsp3) is 0.500. The first-order valence-corrected chi connectivity index (χ1v) is 10.3. The highest BCUT2D eigenvalue weighted by Crippen LogP contribution is 2.29. The van der Waals surface area contributed by atoms with Gasteiger partial charge in [0.2, 0.25) is 0 Å². The van der Waals surface area contributed by atoms with E-state index < -0.39 is 0 Å². The van der Waals surface area contributed by atoms with Crippen LogP contribution >= 0.6 is 0 Å². The molecule has 6 nitrogen and oxygen atoms in total. The molecule has 1 N–H and O–H groups in total. The summed E-state index contributed by atoms with van der Waals surface area (Å²) < 4.78 is 1.84. The monoisotopic (exact) mass is 380 g/mol. The first kappa shape index (κ1) is 18.7. The van der Waals surface area contributed by atoms with Gasteiger partial charge < -0.3 is 10.2 Å². The van der Waals surface area contributed by atoms with Gasteiger partial charge in [-0.05, 0) is 48.9 Å². The molecular formula is C22H28N4O2. The van der Waals surface area contributed by atoms with Gasteiger partial charge in [-0.25, -0.2) is 0 Å². The van der Waals surface area contributed by atoms with E-state index in [4.69, 9.17) is 5.10 Å². The molecule has 28 heavy (non-hydrogen) atoms. The lowest BCUT2D eigenvalue weighted by molar-refractivity contribution is 0.0711. The molecule has 0 radical (unpaired) electrons. The molecule has 1 fully saturated rings. The Kier molecular flexibility index (Phi) is 5.20. The Hall–Kier alpha value is -2.63. The highest BCUT2D eigenvalue weighted by Gasteiger charge is 2.28. The fourth-order valence-electron chi connectivity index (χ4n) is 4.08. The van der Waals surface area contributed by atoms with Gasteiger partial charge in [0.1, 0.15) is 5.69 Å². The molecule has 0 unspecified atom stereocenters. The lowest BCUT2D eigenvalue weighted by atomic mass is 9.93. The summed E-state index contributed by atoms with van der Waals surface area (Å²) in [4.78, 5) is 26.9. The predicted octanol–water partition coefficient (Wildman–Crippen LogP) is 3.16. The summed E-state index contributed by atoms with van der Waals surface area (Å²) in [5.41, 5.74) is 3.66. The van der Waals surface area contributed by atoms with E-state index >= 15 is 0 Å². The van der Waals surface area contributed by atoms with Gasteiger partial charge in [0.25, 0.3) is 11.8 Å². The minimum absolute atomic E-state index is 0.0336. The smallest absolute Gasteiger partial charge is 0.269 e. The van der Waals surface area contributed by atoms with E-state index in [-0.39, 0.29) is 11.8 Å². The number of piperidine rings is 1. The first-order chi connectivity index (χ1) is 13.5. The molecule has 3 heterocycles. The minimum atomic E-state index is -0.0336. The second-order valence-electron chi connectivity index (χ2n) is 8.13. The Morgan fingerprint density at radius 2 is 1.86 bits per heavy atom. The van der Waals surface area contributed by atoms with Crippen LogP contribution in [0.25, 0.3) is 0 Å². The Morgan fingerprint density at radius 1 is 1.14 bits per heavy atom. The van der Waals surface area contributed by atoms with Crippen molar-refractivity contribution in [2.75, 3.05) is 19.6 Å². The van der Waals surface area contributed by atoms with E-state index in [2.05, 4.69) is 19.2 Å². The van der Waals surface area contributed by atoms with Crippen LogP contribution in [0.15, 0.2) is 30.3 Å². The number of aromatic nitrogens is 2. The molecule has 0 saturated carbocycles. The molecule has 0 spiro atoms. The van der Waals surface area contributed by atoms with Crippen LogP contribution in [-0.2, 0) is 6.54 Å². The van der Waals surface area contributed by atoms with E-state index in [1.165, 1.54) is 5.56 Å². The van der Waals surface area contributed by atoms with Gasteiger partial charge in [-0.1, -0.05) is 26.0 Å². The molecule has 0 atom stereocenters. The summed E-state index contributed by atoms with van der Waals surface area (Å²) in [5, 5.41) is 7.61. The van der Waals surface area contributed by atoms with Crippen molar-refractivity contribution >= 4 is 11.8 Å². The Bertz CT molecular complexity index is 861. The van der Waals surface area contributed by atoms with Crippen molar-refractivity contribution in [3.8, 4) is 0 Å². The third-order valence-corrected chi connectivity index (χ3v) is 5.89. The van der Waals surface area contributed by atoms with Gasteiger partial charge in [0.05, 0.1) is 5.69 Å². The number of nitrogens with one attached hydrogen (secondary N) is 1. The van der Waals surface area contributed by atoms with Crippen molar-refractivity contribution in [1.82, 2.24) is 20.0 Å². The average molecular weight is 380 g/mol. The second-order valence-corrected chi connectivity index (χ2v) is 8.13. The standard InChI is InChI=1S/C22H28N4O2/c1-15(2)16-4-6-18(7-5-16)22(28)25-12-8-17(9-13-25)19-14-20-21(27)23-10-3-11-26(20)24-19/h4-7,14-15,17H,3,8-13H2,1-2H3,(H,23,27). The Morgan fingerprint density at radius 3 is 2.54 bits per heavy atom. The first-order valence-electron chi connectivity index (χ1n) is 10.3. The van der Waals surface area contributed by atoms with Gasteiger partial charge in [-0.3, -0.25) is 14.3 Å². The van der Waals surface area contributed by atoms with Crippen molar-refractivity contribution in [2.24, 2.45) is 0 Å². The molecular weight excluding hydrogens is 352 g/mol. The molecule has 148 valence electrons. The lowest BCUT2D eigenvalue weighted by Crippen LogP contribution is -2.38. The third kappa shape index (κ3) is 3.68. The predicted molar refractivity (Wildman–Crippen MR) is 108 cm³/mol. The molecule has 1 saturated heterocycles. The van der Waals surface area contributed by atoms with Crippen LogP contribution in [0, 0.1) is 0 Å². The third-order valence-electron chi connectivity index (χ3n) is 5.89. The summed E-state index contributed by atoms with van der Waals surface area (Å²) in [6.07, 6.45) is 2.67. The number of amides is 2. The Balaban J connectivity index is 1.40. The van der Waals surface area contributed by atoms with Gasteiger partial charge >= 0.3 is 0 Å². The van der Waals surface area contributed by atoms with E-state index in [1.807, 2.05) is 39.9 Å². The summed E-state index contributed by atoms with van der Waals surface area (Å²) in [6.45, 7) is 7.24. The summed E-state index contributed by atoms with van der Waals surface area (Å²) in [6, 6.07) is 9.92. The number of benzene rings is 1. The molecule has 2 aromatic rings. The zero-order valence-electron chi connectivity index (χ0n) is 16.6. The molecule has 4 rings (SSSR count). The van der Waals surface area contributed by atoms with Gasteiger partial charge in [-0.15, -0.1) is 0 Å². The maximum absolute atomic E-state index is 12.8. The lowest BCUT2D eigenvalue weighted by Gasteiger charge is -2.31. The number of aryl methyl sites for hydroxylation is 1. The highest BCUT2D eigenvalue weighted by atomic mass is 16.2. The van der Waals surface area contributed by atoms with Gasteiger partial charge in [-0.2, -0.15) is 5.10 Å². The van der Waals surface area contributed by atoms with Crippen LogP contribution in [0.2, 0.25) is 0 Å². The van der Waals surface area contributed by atoms with E-state index in [0.29, 0.717) is 24.1 Å². The number of carbonyl (C=O) groups excluding carboxylic acids is 2. The van der Waals surface area contributed by atoms with Crippen LogP contribution in [0.3, 0.4) is 0 Å².